The maximum atomic E-state index is 15.2. The number of phosphoric ester groups is 1. The predicted molar refractivity (Wildman–Crippen MR) is 176 cm³/mol. The standard InChI is InChI=1S/C28H41ClFN7O10P2/c1-4-36(5-2)13-9-10-14-44-48(40,35-18(3)27(39)43-15-19-11-7-6-8-12-19)47-49(41,42)45-16-20-23(38)21(30)26(46-20)37-17-32-22-24(31)33-28(29)34-25(22)37/h6-8,11-12,17-18,20-21,23,26,38H,4-5,9-10,13-16H2,1-3H3,(H,35,40)(H,41,42)(H2,31,33,34)/t18-,20+,21?,23?,26+,48?/m0/s1. The Morgan fingerprint density at radius 1 is 1.20 bits per heavy atom. The highest BCUT2D eigenvalue weighted by molar-refractivity contribution is 7.63. The second-order valence-electron chi connectivity index (χ2n) is 11.1. The van der Waals surface area contributed by atoms with Crippen LogP contribution < -0.4 is 10.8 Å². The van der Waals surface area contributed by atoms with Gasteiger partial charge in [0.2, 0.25) is 5.28 Å². The third-order valence-electron chi connectivity index (χ3n) is 7.56. The Hall–Kier alpha value is -2.60. The minimum atomic E-state index is -5.27. The van der Waals surface area contributed by atoms with E-state index >= 15 is 4.39 Å². The molecule has 0 bridgehead atoms. The molecule has 5 N–H and O–H groups in total. The molecule has 3 aromatic rings. The van der Waals surface area contributed by atoms with Crippen molar-refractivity contribution in [2.45, 2.75) is 70.9 Å². The third kappa shape index (κ3) is 10.7. The number of esters is 1. The van der Waals surface area contributed by atoms with Gasteiger partial charge in [-0.25, -0.2) is 23.6 Å². The topological polar surface area (TPSA) is 223 Å². The molecule has 17 nitrogen and oxygen atoms in total. The van der Waals surface area contributed by atoms with Gasteiger partial charge in [0.1, 0.15) is 30.4 Å². The molecular weight excluding hydrogens is 711 g/mol. The molecular formula is C28H41ClFN7O10P2. The Balaban J connectivity index is 1.40. The number of nitrogen functional groups attached to an aromatic ring is 1. The number of nitrogens with two attached hydrogens (primary N) is 1. The first-order valence-corrected chi connectivity index (χ1v) is 18.9. The second kappa shape index (κ2) is 17.6. The lowest BCUT2D eigenvalue weighted by atomic mass is 10.1. The predicted octanol–water partition coefficient (Wildman–Crippen LogP) is 3.76. The number of ether oxygens (including phenoxy) is 2. The van der Waals surface area contributed by atoms with Crippen LogP contribution in [0.3, 0.4) is 0 Å². The fourth-order valence-electron chi connectivity index (χ4n) is 4.88. The molecule has 1 saturated heterocycles. The molecule has 1 fully saturated rings. The SMILES string of the molecule is CCN(CC)CCCCOP(=O)(N[C@@H](C)C(=O)OCc1ccccc1)OP(=O)(O)OC[C@H]1O[C@@H](n2cnc3c(N)nc(Cl)nc32)C(F)C1O. The number of carbonyl (C=O) groups excluding carboxylic acids is 1. The second-order valence-corrected chi connectivity index (χ2v) is 14.8. The number of fused-ring (bicyclic) bond motifs is 1. The van der Waals surface area contributed by atoms with E-state index in [-0.39, 0.29) is 35.5 Å². The van der Waals surface area contributed by atoms with Crippen LogP contribution in [0.2, 0.25) is 5.28 Å². The van der Waals surface area contributed by atoms with Gasteiger partial charge in [-0.15, -0.1) is 0 Å². The zero-order valence-electron chi connectivity index (χ0n) is 27.1. The summed E-state index contributed by atoms with van der Waals surface area (Å²) in [5.74, 6) is -0.904. The van der Waals surface area contributed by atoms with E-state index in [1.54, 1.807) is 30.3 Å². The quantitative estimate of drug-likeness (QED) is 0.0592. The first kappa shape index (κ1) is 39.2. The number of aromatic nitrogens is 4. The molecule has 3 heterocycles. The minimum absolute atomic E-state index is 0.0211. The van der Waals surface area contributed by atoms with E-state index in [1.165, 1.54) is 6.92 Å². The summed E-state index contributed by atoms with van der Waals surface area (Å²) >= 11 is 5.88. The van der Waals surface area contributed by atoms with Crippen molar-refractivity contribution in [3.63, 3.8) is 0 Å². The molecule has 1 aliphatic heterocycles. The molecule has 0 spiro atoms. The van der Waals surface area contributed by atoms with Crippen molar-refractivity contribution in [1.29, 1.82) is 0 Å². The number of nitrogens with zero attached hydrogens (tertiary/aromatic N) is 5. The number of carbonyl (C=O) groups is 1. The van der Waals surface area contributed by atoms with E-state index in [4.69, 9.17) is 40.2 Å². The van der Waals surface area contributed by atoms with Crippen LogP contribution in [0.5, 0.6) is 0 Å². The Bertz CT molecular complexity index is 1640. The van der Waals surface area contributed by atoms with Gasteiger partial charge in [-0.1, -0.05) is 44.2 Å². The molecule has 0 saturated carbocycles. The molecule has 0 aliphatic carbocycles. The van der Waals surface area contributed by atoms with Gasteiger partial charge in [-0.2, -0.15) is 14.3 Å². The van der Waals surface area contributed by atoms with Crippen LogP contribution in [-0.2, 0) is 43.4 Å². The molecule has 272 valence electrons. The van der Waals surface area contributed by atoms with Crippen LogP contribution in [0, 0.1) is 0 Å². The molecule has 2 aromatic heterocycles. The van der Waals surface area contributed by atoms with Crippen LogP contribution in [0.4, 0.5) is 10.2 Å². The number of anilines is 1. The van der Waals surface area contributed by atoms with E-state index in [0.717, 1.165) is 30.5 Å². The fourth-order valence-corrected chi connectivity index (χ4v) is 8.06. The lowest BCUT2D eigenvalue weighted by Gasteiger charge is -2.25. The van der Waals surface area contributed by atoms with Crippen molar-refractivity contribution in [2.24, 2.45) is 0 Å². The lowest BCUT2D eigenvalue weighted by Crippen LogP contribution is -2.34. The Kier molecular flexibility index (Phi) is 14.0. The van der Waals surface area contributed by atoms with Crippen LogP contribution >= 0.6 is 27.2 Å². The Morgan fingerprint density at radius 2 is 1.92 bits per heavy atom. The number of aliphatic hydroxyl groups is 1. The first-order chi connectivity index (χ1) is 23.3. The molecule has 4 rings (SSSR count). The van der Waals surface area contributed by atoms with Crippen LogP contribution in [0.15, 0.2) is 36.7 Å². The molecule has 0 amide bonds. The van der Waals surface area contributed by atoms with Crippen molar-refractivity contribution in [1.82, 2.24) is 29.5 Å². The molecule has 7 atom stereocenters. The van der Waals surface area contributed by atoms with Gasteiger partial charge in [-0.3, -0.25) is 18.4 Å². The normalized spacial score (nSPS) is 22.6. The molecule has 1 aromatic carbocycles. The van der Waals surface area contributed by atoms with E-state index in [1.807, 2.05) is 13.8 Å². The number of halogens is 2. The van der Waals surface area contributed by atoms with Crippen LogP contribution in [0.1, 0.15) is 45.4 Å². The van der Waals surface area contributed by atoms with Gasteiger partial charge < -0.3 is 30.1 Å². The zero-order valence-corrected chi connectivity index (χ0v) is 29.7. The molecule has 4 unspecified atom stereocenters. The highest BCUT2D eigenvalue weighted by Crippen LogP contribution is 2.61. The molecule has 1 aliphatic rings. The summed E-state index contributed by atoms with van der Waals surface area (Å²) in [4.78, 5) is 37.2. The van der Waals surface area contributed by atoms with Crippen LogP contribution in [0.25, 0.3) is 11.2 Å². The average Bonchev–Trinajstić information content (AvgIpc) is 3.60. The smallest absolute Gasteiger partial charge is 0.460 e. The van der Waals surface area contributed by atoms with Gasteiger partial charge in [0, 0.05) is 0 Å². The number of hydrogen-bond acceptors (Lipinski definition) is 14. The molecule has 21 heteroatoms. The van der Waals surface area contributed by atoms with Gasteiger partial charge in [-0.05, 0) is 56.6 Å². The summed E-state index contributed by atoms with van der Waals surface area (Å²) < 4.78 is 69.4. The van der Waals surface area contributed by atoms with Crippen molar-refractivity contribution < 1.29 is 51.1 Å². The van der Waals surface area contributed by atoms with Crippen molar-refractivity contribution >= 4 is 50.1 Å². The number of imidazole rings is 1. The van der Waals surface area contributed by atoms with E-state index in [0.29, 0.717) is 18.4 Å². The van der Waals surface area contributed by atoms with Crippen molar-refractivity contribution in [2.75, 3.05) is 38.6 Å². The number of rotatable bonds is 19. The number of hydrogen-bond donors (Lipinski definition) is 4. The summed E-state index contributed by atoms with van der Waals surface area (Å²) in [6.07, 6.45) is -4.71. The summed E-state index contributed by atoms with van der Waals surface area (Å²) in [6.45, 7) is 6.65. The highest BCUT2D eigenvalue weighted by atomic mass is 35.5. The maximum Gasteiger partial charge on any atom is 0.480 e. The monoisotopic (exact) mass is 751 g/mol. The van der Waals surface area contributed by atoms with E-state index in [2.05, 4.69) is 24.9 Å². The number of aliphatic hydroxyl groups excluding tert-OH is 1. The third-order valence-corrected chi connectivity index (χ3v) is 11.1. The highest BCUT2D eigenvalue weighted by Gasteiger charge is 2.48. The number of nitrogens with one attached hydrogen (secondary N) is 1. The fraction of sp³-hybridized carbons (Fsp3) is 0.571. The first-order valence-electron chi connectivity index (χ1n) is 15.5. The van der Waals surface area contributed by atoms with Gasteiger partial charge in [0.15, 0.2) is 23.9 Å². The summed E-state index contributed by atoms with van der Waals surface area (Å²) in [5, 5.41) is 12.6. The Labute approximate surface area is 287 Å². The van der Waals surface area contributed by atoms with E-state index < -0.39 is 58.8 Å². The van der Waals surface area contributed by atoms with Crippen molar-refractivity contribution in [3.05, 3.63) is 47.5 Å². The Morgan fingerprint density at radius 3 is 2.61 bits per heavy atom. The van der Waals surface area contributed by atoms with Gasteiger partial charge in [0.05, 0.1) is 19.5 Å². The number of benzene rings is 1. The summed E-state index contributed by atoms with van der Waals surface area (Å²) in [7, 11) is -10.0. The van der Waals surface area contributed by atoms with Crippen LogP contribution in [-0.4, -0.2) is 97.7 Å². The molecule has 0 radical (unpaired) electrons. The number of alkyl halides is 1. The average molecular weight is 752 g/mol. The van der Waals surface area contributed by atoms with E-state index in [9.17, 15) is 23.9 Å². The summed E-state index contributed by atoms with van der Waals surface area (Å²) in [6, 6.07) is 7.52. The lowest BCUT2D eigenvalue weighted by molar-refractivity contribution is -0.146. The van der Waals surface area contributed by atoms with Crippen molar-refractivity contribution in [3.8, 4) is 0 Å². The summed E-state index contributed by atoms with van der Waals surface area (Å²) in [5.41, 5.74) is 6.64. The minimum Gasteiger partial charge on any atom is -0.460 e. The largest absolute Gasteiger partial charge is 0.480 e. The molecule has 49 heavy (non-hydrogen) atoms. The van der Waals surface area contributed by atoms with Gasteiger partial charge >= 0.3 is 21.5 Å². The zero-order chi connectivity index (χ0) is 35.8. The van der Waals surface area contributed by atoms with Gasteiger partial charge in [0.25, 0.3) is 0 Å². The maximum absolute atomic E-state index is 15.2. The number of unbranched alkanes of at least 4 members (excludes halogenated alkanes) is 1. The number of phosphoric acid groups is 1.